The van der Waals surface area contributed by atoms with Crippen molar-refractivity contribution < 1.29 is 24.5 Å². The molecule has 204 valence electrons. The first-order valence-corrected chi connectivity index (χ1v) is 14.4. The summed E-state index contributed by atoms with van der Waals surface area (Å²) in [6.45, 7) is 15.2. The summed E-state index contributed by atoms with van der Waals surface area (Å²) in [5, 5.41) is 21.2. The fraction of sp³-hybridized carbons (Fsp3) is 0.903. The van der Waals surface area contributed by atoms with E-state index in [1.165, 1.54) is 19.3 Å². The number of fused-ring (bicyclic) bond motifs is 5. The van der Waals surface area contributed by atoms with E-state index in [1.54, 1.807) is 26.5 Å². The van der Waals surface area contributed by atoms with E-state index in [1.807, 2.05) is 0 Å². The van der Waals surface area contributed by atoms with Crippen molar-refractivity contribution in [3.8, 4) is 0 Å². The van der Waals surface area contributed by atoms with Crippen molar-refractivity contribution in [3.63, 3.8) is 0 Å². The van der Waals surface area contributed by atoms with Crippen molar-refractivity contribution in [2.45, 2.75) is 124 Å². The van der Waals surface area contributed by atoms with Crippen LogP contribution < -0.4 is 0 Å². The number of Topliss-reactive ketones (excluding diaryl/α,β-unsaturated/α-hetero) is 1. The van der Waals surface area contributed by atoms with E-state index >= 15 is 0 Å². The molecule has 1 heterocycles. The number of methoxy groups -OCH3 is 1. The molecule has 5 heteroatoms. The molecule has 2 N–H and O–H groups in total. The topological polar surface area (TPSA) is 76.0 Å². The Morgan fingerprint density at radius 2 is 1.81 bits per heavy atom. The Labute approximate surface area is 218 Å². The lowest BCUT2D eigenvalue weighted by molar-refractivity contribution is -0.184. The Kier molecular flexibility index (Phi) is 6.24. The number of carbonyl (C=O) groups excluding carboxylic acids is 1. The maximum absolute atomic E-state index is 12.9. The summed E-state index contributed by atoms with van der Waals surface area (Å²) in [5.41, 5.74) is 0.681. The van der Waals surface area contributed by atoms with Gasteiger partial charge in [-0.3, -0.25) is 4.79 Å². The van der Waals surface area contributed by atoms with E-state index in [9.17, 15) is 15.0 Å². The van der Waals surface area contributed by atoms with Crippen LogP contribution in [0.5, 0.6) is 0 Å². The molecule has 4 fully saturated rings. The number of aliphatic hydroxyl groups excluding tert-OH is 1. The summed E-state index contributed by atoms with van der Waals surface area (Å²) in [7, 11) is 1.71. The molecule has 0 aromatic carbocycles. The van der Waals surface area contributed by atoms with Gasteiger partial charge in [0, 0.05) is 24.9 Å². The number of hydrogen-bond donors (Lipinski definition) is 2. The molecule has 0 amide bonds. The number of ether oxygens (including phenoxy) is 2. The highest BCUT2D eigenvalue weighted by Crippen LogP contribution is 2.73. The predicted molar refractivity (Wildman–Crippen MR) is 140 cm³/mol. The van der Waals surface area contributed by atoms with Gasteiger partial charge in [0.05, 0.1) is 11.7 Å². The van der Waals surface area contributed by atoms with Gasteiger partial charge < -0.3 is 19.7 Å². The highest BCUT2D eigenvalue weighted by Gasteiger charge is 2.66. The Morgan fingerprint density at radius 1 is 1.11 bits per heavy atom. The van der Waals surface area contributed by atoms with Crippen LogP contribution in [-0.2, 0) is 14.3 Å². The van der Waals surface area contributed by atoms with Crippen LogP contribution in [0.15, 0.2) is 11.6 Å². The lowest BCUT2D eigenvalue weighted by Gasteiger charge is -2.63. The summed E-state index contributed by atoms with van der Waals surface area (Å²) >= 11 is 0. The minimum atomic E-state index is -1.21. The van der Waals surface area contributed by atoms with Crippen LogP contribution in [-0.4, -0.2) is 47.2 Å². The SMILES string of the molecule is CO[C@@H]1O[C@@H]([C@@H](O)C(C)(C)O)CC1[C@@H]1CC[C@]2(C)C3=CCC4C(C)(C)C(=O)CC[C@]4(C)C3CC[C@@]12C. The fourth-order valence-electron chi connectivity index (χ4n) is 10.2. The van der Waals surface area contributed by atoms with Crippen molar-refractivity contribution in [2.75, 3.05) is 7.11 Å². The Bertz CT molecular complexity index is 932. The summed E-state index contributed by atoms with van der Waals surface area (Å²) < 4.78 is 12.1. The number of aliphatic hydroxyl groups is 2. The first kappa shape index (κ1) is 26.8. The molecule has 5 aliphatic rings. The molecule has 5 nitrogen and oxygen atoms in total. The number of ketones is 1. The van der Waals surface area contributed by atoms with Crippen molar-refractivity contribution in [1.29, 1.82) is 0 Å². The zero-order valence-corrected chi connectivity index (χ0v) is 23.9. The largest absolute Gasteiger partial charge is 0.388 e. The Morgan fingerprint density at radius 3 is 2.44 bits per heavy atom. The van der Waals surface area contributed by atoms with E-state index in [-0.39, 0.29) is 33.9 Å². The van der Waals surface area contributed by atoms with Gasteiger partial charge in [0.25, 0.3) is 0 Å². The molecule has 0 radical (unpaired) electrons. The fourth-order valence-corrected chi connectivity index (χ4v) is 10.2. The van der Waals surface area contributed by atoms with Gasteiger partial charge in [0.15, 0.2) is 6.29 Å². The molecule has 10 atom stereocenters. The van der Waals surface area contributed by atoms with Crippen LogP contribution >= 0.6 is 0 Å². The number of hydrogen-bond acceptors (Lipinski definition) is 5. The van der Waals surface area contributed by atoms with Gasteiger partial charge in [-0.1, -0.05) is 46.3 Å². The van der Waals surface area contributed by atoms with E-state index in [0.29, 0.717) is 23.5 Å². The average molecular weight is 503 g/mol. The molecule has 36 heavy (non-hydrogen) atoms. The normalized spacial score (nSPS) is 49.2. The zero-order valence-electron chi connectivity index (χ0n) is 23.9. The molecular formula is C31H50O5. The average Bonchev–Trinajstić information content (AvgIpc) is 3.33. The van der Waals surface area contributed by atoms with E-state index in [4.69, 9.17) is 9.47 Å². The van der Waals surface area contributed by atoms with Crippen LogP contribution in [0.3, 0.4) is 0 Å². The van der Waals surface area contributed by atoms with Gasteiger partial charge in [0.2, 0.25) is 0 Å². The van der Waals surface area contributed by atoms with E-state index in [2.05, 4.69) is 40.7 Å². The van der Waals surface area contributed by atoms with Gasteiger partial charge in [-0.15, -0.1) is 0 Å². The third kappa shape index (κ3) is 3.51. The third-order valence-corrected chi connectivity index (χ3v) is 12.6. The third-order valence-electron chi connectivity index (χ3n) is 12.6. The second-order valence-electron chi connectivity index (χ2n) is 14.9. The summed E-state index contributed by atoms with van der Waals surface area (Å²) in [6.07, 6.45) is 9.03. The summed E-state index contributed by atoms with van der Waals surface area (Å²) in [5.74, 6) is 2.09. The minimum absolute atomic E-state index is 0.130. The number of carbonyl (C=O) groups is 1. The van der Waals surface area contributed by atoms with Gasteiger partial charge >= 0.3 is 0 Å². The Balaban J connectivity index is 1.45. The zero-order chi connectivity index (χ0) is 26.5. The first-order valence-electron chi connectivity index (χ1n) is 14.4. The van der Waals surface area contributed by atoms with Crippen LogP contribution in [0.4, 0.5) is 0 Å². The molecule has 0 bridgehead atoms. The number of rotatable bonds is 4. The predicted octanol–water partition coefficient (Wildman–Crippen LogP) is 5.67. The Hall–Kier alpha value is -0.750. The molecule has 4 aliphatic carbocycles. The molecule has 1 aliphatic heterocycles. The monoisotopic (exact) mass is 502 g/mol. The van der Waals surface area contributed by atoms with Gasteiger partial charge in [-0.25, -0.2) is 0 Å². The van der Waals surface area contributed by atoms with Crippen molar-refractivity contribution in [2.24, 2.45) is 45.3 Å². The maximum Gasteiger partial charge on any atom is 0.160 e. The molecule has 3 saturated carbocycles. The number of allylic oxidation sites excluding steroid dienone is 2. The molecule has 0 aromatic heterocycles. The van der Waals surface area contributed by atoms with Crippen LogP contribution in [0.25, 0.3) is 0 Å². The molecule has 5 rings (SSSR count). The van der Waals surface area contributed by atoms with E-state index in [0.717, 1.165) is 32.1 Å². The van der Waals surface area contributed by atoms with Crippen LogP contribution in [0, 0.1) is 45.3 Å². The van der Waals surface area contributed by atoms with Crippen LogP contribution in [0.1, 0.15) is 99.8 Å². The highest BCUT2D eigenvalue weighted by molar-refractivity contribution is 5.85. The lowest BCUT2D eigenvalue weighted by Crippen LogP contribution is -2.57. The lowest BCUT2D eigenvalue weighted by atomic mass is 9.41. The van der Waals surface area contributed by atoms with Crippen LogP contribution in [0.2, 0.25) is 0 Å². The minimum Gasteiger partial charge on any atom is -0.388 e. The summed E-state index contributed by atoms with van der Waals surface area (Å²) in [6, 6.07) is 0. The highest BCUT2D eigenvalue weighted by atomic mass is 16.7. The van der Waals surface area contributed by atoms with E-state index < -0.39 is 17.8 Å². The molecule has 0 aromatic rings. The first-order chi connectivity index (χ1) is 16.6. The standard InChI is InChI=1S/C31H50O5/c1-27(2)23-10-9-21-20(29(23,5)14-13-24(27)32)12-16-30(6)19(11-15-31(21,30)7)18-17-22(36-26(18)35-8)25(33)28(3,4)34/h9,18-20,22-23,25-26,33-34H,10-17H2,1-8H3/t18?,19-,20?,22+,23?,25+,26+,29+,30-,31+/m0/s1. The molecule has 1 saturated heterocycles. The summed E-state index contributed by atoms with van der Waals surface area (Å²) in [4.78, 5) is 12.9. The molecule has 0 spiro atoms. The van der Waals surface area contributed by atoms with Crippen molar-refractivity contribution in [1.82, 2.24) is 0 Å². The van der Waals surface area contributed by atoms with Gasteiger partial charge in [-0.2, -0.15) is 0 Å². The van der Waals surface area contributed by atoms with Gasteiger partial charge in [-0.05, 0) is 92.8 Å². The molecule has 3 unspecified atom stereocenters. The van der Waals surface area contributed by atoms with Crippen molar-refractivity contribution in [3.05, 3.63) is 11.6 Å². The maximum atomic E-state index is 12.9. The second kappa shape index (κ2) is 8.37. The smallest absolute Gasteiger partial charge is 0.160 e. The van der Waals surface area contributed by atoms with Crippen molar-refractivity contribution >= 4 is 5.78 Å². The molecular weight excluding hydrogens is 452 g/mol. The van der Waals surface area contributed by atoms with Gasteiger partial charge in [0.1, 0.15) is 11.9 Å². The quantitative estimate of drug-likeness (QED) is 0.485. The second-order valence-corrected chi connectivity index (χ2v) is 14.9.